The molecule has 0 aromatic heterocycles. The Hall–Kier alpha value is -1.73. The SMILES string of the molecule is CCCCCC[C@H]1CC[C@H](CCc2ccc(C#CC#N)cc2)CC1. The quantitative estimate of drug-likeness (QED) is 0.409. The van der Waals surface area contributed by atoms with Crippen LogP contribution < -0.4 is 0 Å². The molecule has 0 atom stereocenters. The molecule has 1 saturated carbocycles. The van der Waals surface area contributed by atoms with Gasteiger partial charge >= 0.3 is 0 Å². The van der Waals surface area contributed by atoms with Crippen LogP contribution in [0.5, 0.6) is 0 Å². The summed E-state index contributed by atoms with van der Waals surface area (Å²) in [6.45, 7) is 2.29. The molecule has 0 aliphatic heterocycles. The average Bonchev–Trinajstić information content (AvgIpc) is 2.64. The minimum absolute atomic E-state index is 0.926. The zero-order valence-electron chi connectivity index (χ0n) is 15.2. The molecule has 1 aliphatic carbocycles. The van der Waals surface area contributed by atoms with Gasteiger partial charge < -0.3 is 0 Å². The minimum Gasteiger partial charge on any atom is -0.183 e. The zero-order chi connectivity index (χ0) is 17.0. The van der Waals surface area contributed by atoms with E-state index in [0.717, 1.165) is 17.4 Å². The number of rotatable bonds is 8. The van der Waals surface area contributed by atoms with Gasteiger partial charge in [-0.1, -0.05) is 82.8 Å². The van der Waals surface area contributed by atoms with Crippen LogP contribution in [-0.2, 0) is 6.42 Å². The fourth-order valence-corrected chi connectivity index (χ4v) is 3.89. The number of aryl methyl sites for hydroxylation is 1. The van der Waals surface area contributed by atoms with Crippen molar-refractivity contribution in [1.29, 1.82) is 5.26 Å². The summed E-state index contributed by atoms with van der Waals surface area (Å²) in [6.07, 6.45) is 15.4. The highest BCUT2D eigenvalue weighted by Gasteiger charge is 2.20. The van der Waals surface area contributed by atoms with Gasteiger partial charge in [0, 0.05) is 11.5 Å². The molecular formula is C23H31N. The van der Waals surface area contributed by atoms with E-state index < -0.39 is 0 Å². The molecule has 0 spiro atoms. The van der Waals surface area contributed by atoms with Gasteiger partial charge in [-0.2, -0.15) is 5.26 Å². The van der Waals surface area contributed by atoms with Gasteiger partial charge in [0.25, 0.3) is 0 Å². The van der Waals surface area contributed by atoms with Crippen LogP contribution in [0.15, 0.2) is 24.3 Å². The molecule has 1 fully saturated rings. The second-order valence-corrected chi connectivity index (χ2v) is 7.33. The van der Waals surface area contributed by atoms with Gasteiger partial charge in [-0.05, 0) is 42.4 Å². The van der Waals surface area contributed by atoms with Gasteiger partial charge in [0.15, 0.2) is 6.07 Å². The number of nitrogens with zero attached hydrogens (tertiary/aromatic N) is 1. The van der Waals surface area contributed by atoms with Crippen molar-refractivity contribution in [3.63, 3.8) is 0 Å². The normalized spacial score (nSPS) is 20.0. The van der Waals surface area contributed by atoms with Crippen LogP contribution >= 0.6 is 0 Å². The van der Waals surface area contributed by atoms with Crippen molar-refractivity contribution < 1.29 is 0 Å². The molecule has 1 aliphatic rings. The number of benzene rings is 1. The first-order valence-corrected chi connectivity index (χ1v) is 9.81. The number of hydrogen-bond donors (Lipinski definition) is 0. The van der Waals surface area contributed by atoms with E-state index in [9.17, 15) is 0 Å². The summed E-state index contributed by atoms with van der Waals surface area (Å²) in [5.74, 6) is 7.23. The Morgan fingerprint density at radius 1 is 0.917 bits per heavy atom. The second-order valence-electron chi connectivity index (χ2n) is 7.33. The van der Waals surface area contributed by atoms with E-state index in [0.29, 0.717) is 0 Å². The van der Waals surface area contributed by atoms with Crippen molar-refractivity contribution in [3.05, 3.63) is 35.4 Å². The highest BCUT2D eigenvalue weighted by atomic mass is 14.3. The summed E-state index contributed by atoms with van der Waals surface area (Å²) in [7, 11) is 0. The van der Waals surface area contributed by atoms with Crippen LogP contribution in [0.4, 0.5) is 0 Å². The molecule has 1 nitrogen and oxygen atoms in total. The Kier molecular flexibility index (Phi) is 8.48. The lowest BCUT2D eigenvalue weighted by Gasteiger charge is -2.28. The summed E-state index contributed by atoms with van der Waals surface area (Å²) in [5, 5.41) is 8.48. The first kappa shape index (κ1) is 18.6. The maximum Gasteiger partial charge on any atom is 0.152 e. The van der Waals surface area contributed by atoms with E-state index in [1.807, 2.05) is 18.2 Å². The van der Waals surface area contributed by atoms with E-state index >= 15 is 0 Å². The monoisotopic (exact) mass is 321 g/mol. The largest absolute Gasteiger partial charge is 0.183 e. The van der Waals surface area contributed by atoms with Crippen molar-refractivity contribution in [2.24, 2.45) is 11.8 Å². The van der Waals surface area contributed by atoms with E-state index in [1.165, 1.54) is 76.2 Å². The van der Waals surface area contributed by atoms with Gasteiger partial charge in [0.05, 0.1) is 0 Å². The third-order valence-corrected chi connectivity index (χ3v) is 5.49. The first-order valence-electron chi connectivity index (χ1n) is 9.81. The maximum absolute atomic E-state index is 8.48. The Balaban J connectivity index is 1.64. The van der Waals surface area contributed by atoms with Crippen LogP contribution in [0.1, 0.15) is 82.3 Å². The summed E-state index contributed by atoms with van der Waals surface area (Å²) in [4.78, 5) is 0. The molecular weight excluding hydrogens is 290 g/mol. The van der Waals surface area contributed by atoms with Crippen molar-refractivity contribution >= 4 is 0 Å². The molecule has 1 heteroatoms. The molecule has 1 aromatic carbocycles. The van der Waals surface area contributed by atoms with Crippen LogP contribution in [0.25, 0.3) is 0 Å². The molecule has 24 heavy (non-hydrogen) atoms. The van der Waals surface area contributed by atoms with Crippen molar-refractivity contribution in [2.75, 3.05) is 0 Å². The van der Waals surface area contributed by atoms with Gasteiger partial charge in [-0.15, -0.1) is 0 Å². The number of nitriles is 1. The van der Waals surface area contributed by atoms with Crippen LogP contribution in [0.3, 0.4) is 0 Å². The van der Waals surface area contributed by atoms with Crippen molar-refractivity contribution in [1.82, 2.24) is 0 Å². The molecule has 0 amide bonds. The van der Waals surface area contributed by atoms with E-state index in [1.54, 1.807) is 0 Å². The standard InChI is InChI=1S/C23H31N/c1-2-3-4-5-7-20-9-13-22(14-10-20)17-18-23-15-11-21(12-16-23)8-6-19-24/h11-12,15-16,20,22H,2-5,7,9-10,13-14,17-18H2,1H3/t20-,22-. The Labute approximate surface area is 148 Å². The molecule has 128 valence electrons. The third kappa shape index (κ3) is 6.80. The summed E-state index contributed by atoms with van der Waals surface area (Å²) >= 11 is 0. The molecule has 0 N–H and O–H groups in total. The lowest BCUT2D eigenvalue weighted by atomic mass is 9.77. The predicted molar refractivity (Wildman–Crippen MR) is 101 cm³/mol. The van der Waals surface area contributed by atoms with E-state index in [4.69, 9.17) is 5.26 Å². The lowest BCUT2D eigenvalue weighted by molar-refractivity contribution is 0.249. The van der Waals surface area contributed by atoms with Crippen LogP contribution in [0, 0.1) is 35.0 Å². The third-order valence-electron chi connectivity index (χ3n) is 5.49. The van der Waals surface area contributed by atoms with Gasteiger partial charge in [0.2, 0.25) is 0 Å². The van der Waals surface area contributed by atoms with E-state index in [-0.39, 0.29) is 0 Å². The van der Waals surface area contributed by atoms with Crippen LogP contribution in [0.2, 0.25) is 0 Å². The fraction of sp³-hybridized carbons (Fsp3) is 0.609. The zero-order valence-corrected chi connectivity index (χ0v) is 15.2. The molecule has 0 bridgehead atoms. The fourth-order valence-electron chi connectivity index (χ4n) is 3.89. The highest BCUT2D eigenvalue weighted by molar-refractivity contribution is 5.39. The maximum atomic E-state index is 8.48. The summed E-state index contributed by atoms with van der Waals surface area (Å²) < 4.78 is 0. The Morgan fingerprint density at radius 3 is 2.21 bits per heavy atom. The topological polar surface area (TPSA) is 23.8 Å². The summed E-state index contributed by atoms with van der Waals surface area (Å²) in [6, 6.07) is 10.3. The Morgan fingerprint density at radius 2 is 1.58 bits per heavy atom. The molecule has 2 rings (SSSR count). The Bertz CT molecular complexity index is 559. The van der Waals surface area contributed by atoms with Gasteiger partial charge in [0.1, 0.15) is 0 Å². The van der Waals surface area contributed by atoms with E-state index in [2.05, 4.69) is 30.9 Å². The average molecular weight is 322 g/mol. The predicted octanol–water partition coefficient (Wildman–Crippen LogP) is 6.27. The number of hydrogen-bond acceptors (Lipinski definition) is 1. The summed E-state index contributed by atoms with van der Waals surface area (Å²) in [5.41, 5.74) is 2.34. The smallest absolute Gasteiger partial charge is 0.152 e. The number of unbranched alkanes of at least 4 members (excludes halogenated alkanes) is 3. The van der Waals surface area contributed by atoms with Gasteiger partial charge in [-0.25, -0.2) is 0 Å². The molecule has 0 radical (unpaired) electrons. The lowest BCUT2D eigenvalue weighted by Crippen LogP contribution is -2.15. The van der Waals surface area contributed by atoms with Crippen molar-refractivity contribution in [3.8, 4) is 17.9 Å². The second kappa shape index (κ2) is 10.9. The molecule has 0 heterocycles. The van der Waals surface area contributed by atoms with Gasteiger partial charge in [-0.3, -0.25) is 0 Å². The molecule has 0 unspecified atom stereocenters. The molecule has 0 saturated heterocycles. The van der Waals surface area contributed by atoms with Crippen molar-refractivity contribution in [2.45, 2.75) is 77.6 Å². The highest BCUT2D eigenvalue weighted by Crippen LogP contribution is 2.34. The van der Waals surface area contributed by atoms with Crippen LogP contribution in [-0.4, -0.2) is 0 Å². The first-order chi connectivity index (χ1) is 11.8. The molecule has 1 aromatic rings. The minimum atomic E-state index is 0.926.